The van der Waals surface area contributed by atoms with Crippen molar-refractivity contribution in [2.75, 3.05) is 26.7 Å². The fourth-order valence-corrected chi connectivity index (χ4v) is 1.92. The first-order chi connectivity index (χ1) is 6.27. The number of nitrogens with zero attached hydrogens (tertiary/aromatic N) is 2. The Morgan fingerprint density at radius 3 is 2.54 bits per heavy atom. The summed E-state index contributed by atoms with van der Waals surface area (Å²) in [7, 11) is 1.93. The van der Waals surface area contributed by atoms with E-state index < -0.39 is 0 Å². The van der Waals surface area contributed by atoms with E-state index in [0.717, 1.165) is 25.6 Å². The molecule has 1 aliphatic carbocycles. The SMILES string of the molecule is CN(CC1CC1)C(=O)N1CCCC1. The van der Waals surface area contributed by atoms with Gasteiger partial charge in [-0.15, -0.1) is 0 Å². The summed E-state index contributed by atoms with van der Waals surface area (Å²) in [4.78, 5) is 15.6. The third-order valence-corrected chi connectivity index (χ3v) is 2.93. The molecule has 2 fully saturated rings. The smallest absolute Gasteiger partial charge is 0.319 e. The topological polar surface area (TPSA) is 23.6 Å². The van der Waals surface area contributed by atoms with Crippen LogP contribution in [0.5, 0.6) is 0 Å². The number of hydrogen-bond donors (Lipinski definition) is 0. The van der Waals surface area contributed by atoms with Crippen molar-refractivity contribution in [3.8, 4) is 0 Å². The summed E-state index contributed by atoms with van der Waals surface area (Å²) in [6.45, 7) is 2.90. The molecule has 0 spiro atoms. The van der Waals surface area contributed by atoms with E-state index >= 15 is 0 Å². The van der Waals surface area contributed by atoms with Gasteiger partial charge in [0.2, 0.25) is 0 Å². The van der Waals surface area contributed by atoms with E-state index in [9.17, 15) is 4.79 Å². The monoisotopic (exact) mass is 182 g/mol. The molecule has 1 heterocycles. The number of rotatable bonds is 2. The summed E-state index contributed by atoms with van der Waals surface area (Å²) in [6.07, 6.45) is 5.00. The third-order valence-electron chi connectivity index (χ3n) is 2.93. The van der Waals surface area contributed by atoms with E-state index in [2.05, 4.69) is 0 Å². The minimum Gasteiger partial charge on any atom is -0.327 e. The van der Waals surface area contributed by atoms with Gasteiger partial charge in [-0.2, -0.15) is 0 Å². The van der Waals surface area contributed by atoms with Crippen molar-refractivity contribution in [1.82, 2.24) is 9.80 Å². The van der Waals surface area contributed by atoms with Crippen LogP contribution in [-0.4, -0.2) is 42.5 Å². The lowest BCUT2D eigenvalue weighted by atomic mass is 10.4. The van der Waals surface area contributed by atoms with Crippen molar-refractivity contribution in [3.63, 3.8) is 0 Å². The first-order valence-electron chi connectivity index (χ1n) is 5.27. The van der Waals surface area contributed by atoms with Gasteiger partial charge in [-0.1, -0.05) is 0 Å². The summed E-state index contributed by atoms with van der Waals surface area (Å²) < 4.78 is 0. The summed E-state index contributed by atoms with van der Waals surface area (Å²) in [5, 5.41) is 0. The number of amides is 2. The summed E-state index contributed by atoms with van der Waals surface area (Å²) in [5.41, 5.74) is 0. The maximum absolute atomic E-state index is 11.8. The van der Waals surface area contributed by atoms with Crippen LogP contribution in [-0.2, 0) is 0 Å². The lowest BCUT2D eigenvalue weighted by molar-refractivity contribution is 0.171. The maximum atomic E-state index is 11.8. The second-order valence-electron chi connectivity index (χ2n) is 4.30. The van der Waals surface area contributed by atoms with Gasteiger partial charge < -0.3 is 9.80 Å². The number of carbonyl (C=O) groups excluding carboxylic acids is 1. The van der Waals surface area contributed by atoms with Gasteiger partial charge >= 0.3 is 6.03 Å². The lowest BCUT2D eigenvalue weighted by Gasteiger charge is -2.24. The zero-order valence-corrected chi connectivity index (χ0v) is 8.33. The number of urea groups is 1. The average molecular weight is 182 g/mol. The molecule has 2 rings (SSSR count). The Morgan fingerprint density at radius 1 is 1.38 bits per heavy atom. The normalized spacial score (nSPS) is 22.1. The summed E-state index contributed by atoms with van der Waals surface area (Å²) >= 11 is 0. The van der Waals surface area contributed by atoms with Crippen LogP contribution >= 0.6 is 0 Å². The van der Waals surface area contributed by atoms with Gasteiger partial charge in [-0.25, -0.2) is 4.79 Å². The molecule has 0 aromatic rings. The van der Waals surface area contributed by atoms with E-state index in [4.69, 9.17) is 0 Å². The molecule has 3 heteroatoms. The van der Waals surface area contributed by atoms with Gasteiger partial charge in [-0.3, -0.25) is 0 Å². The quantitative estimate of drug-likeness (QED) is 0.635. The van der Waals surface area contributed by atoms with Crippen LogP contribution < -0.4 is 0 Å². The van der Waals surface area contributed by atoms with Crippen LogP contribution in [0.1, 0.15) is 25.7 Å². The number of hydrogen-bond acceptors (Lipinski definition) is 1. The van der Waals surface area contributed by atoms with Crippen LogP contribution in [0.2, 0.25) is 0 Å². The molecule has 0 N–H and O–H groups in total. The van der Waals surface area contributed by atoms with Crippen molar-refractivity contribution in [2.24, 2.45) is 5.92 Å². The number of likely N-dealkylation sites (tertiary alicyclic amines) is 1. The molecule has 0 aromatic heterocycles. The highest BCUT2D eigenvalue weighted by molar-refractivity contribution is 5.74. The highest BCUT2D eigenvalue weighted by Crippen LogP contribution is 2.29. The summed E-state index contributed by atoms with van der Waals surface area (Å²) in [5.74, 6) is 0.802. The molecule has 1 aliphatic heterocycles. The van der Waals surface area contributed by atoms with Gasteiger partial charge in [-0.05, 0) is 31.6 Å². The van der Waals surface area contributed by atoms with Crippen LogP contribution in [0.15, 0.2) is 0 Å². The Balaban J connectivity index is 1.79. The Labute approximate surface area is 79.7 Å². The van der Waals surface area contributed by atoms with E-state index in [1.807, 2.05) is 16.8 Å². The molecule has 3 nitrogen and oxygen atoms in total. The Morgan fingerprint density at radius 2 is 2.00 bits per heavy atom. The van der Waals surface area contributed by atoms with Gasteiger partial charge in [0.1, 0.15) is 0 Å². The Bertz CT molecular complexity index is 195. The molecular formula is C10H18N2O. The van der Waals surface area contributed by atoms with E-state index in [1.165, 1.54) is 25.7 Å². The largest absolute Gasteiger partial charge is 0.327 e. The molecule has 2 aliphatic rings. The molecule has 74 valence electrons. The molecule has 2 amide bonds. The van der Waals surface area contributed by atoms with E-state index in [1.54, 1.807) is 0 Å². The Kier molecular flexibility index (Phi) is 2.42. The van der Waals surface area contributed by atoms with E-state index in [0.29, 0.717) is 0 Å². The molecule has 1 saturated heterocycles. The minimum absolute atomic E-state index is 0.240. The first-order valence-corrected chi connectivity index (χ1v) is 5.27. The van der Waals surface area contributed by atoms with Gasteiger partial charge in [0.05, 0.1) is 0 Å². The predicted octanol–water partition coefficient (Wildman–Crippen LogP) is 1.54. The molecule has 0 aromatic carbocycles. The molecule has 1 saturated carbocycles. The fourth-order valence-electron chi connectivity index (χ4n) is 1.92. The average Bonchev–Trinajstić information content (AvgIpc) is 2.78. The zero-order valence-electron chi connectivity index (χ0n) is 8.33. The Hall–Kier alpha value is -0.730. The first kappa shape index (κ1) is 8.85. The highest BCUT2D eigenvalue weighted by Gasteiger charge is 2.27. The van der Waals surface area contributed by atoms with Gasteiger partial charge in [0, 0.05) is 26.7 Å². The maximum Gasteiger partial charge on any atom is 0.319 e. The zero-order chi connectivity index (χ0) is 9.26. The highest BCUT2D eigenvalue weighted by atomic mass is 16.2. The van der Waals surface area contributed by atoms with Crippen LogP contribution in [0.25, 0.3) is 0 Å². The lowest BCUT2D eigenvalue weighted by Crippen LogP contribution is -2.40. The molecule has 0 radical (unpaired) electrons. The van der Waals surface area contributed by atoms with Crippen molar-refractivity contribution in [3.05, 3.63) is 0 Å². The second-order valence-corrected chi connectivity index (χ2v) is 4.30. The molecular weight excluding hydrogens is 164 g/mol. The van der Waals surface area contributed by atoms with Gasteiger partial charge in [0.25, 0.3) is 0 Å². The van der Waals surface area contributed by atoms with Crippen LogP contribution in [0, 0.1) is 5.92 Å². The minimum atomic E-state index is 0.240. The van der Waals surface area contributed by atoms with E-state index in [-0.39, 0.29) is 6.03 Å². The fraction of sp³-hybridized carbons (Fsp3) is 0.900. The van der Waals surface area contributed by atoms with Crippen molar-refractivity contribution in [1.29, 1.82) is 0 Å². The molecule has 0 bridgehead atoms. The summed E-state index contributed by atoms with van der Waals surface area (Å²) in [6, 6.07) is 0.240. The van der Waals surface area contributed by atoms with Crippen LogP contribution in [0.3, 0.4) is 0 Å². The van der Waals surface area contributed by atoms with Crippen molar-refractivity contribution >= 4 is 6.03 Å². The second kappa shape index (κ2) is 3.56. The predicted molar refractivity (Wildman–Crippen MR) is 51.6 cm³/mol. The molecule has 0 atom stereocenters. The standard InChI is InChI=1S/C10H18N2O/c1-11(8-9-4-5-9)10(13)12-6-2-3-7-12/h9H,2-8H2,1H3. The van der Waals surface area contributed by atoms with Crippen molar-refractivity contribution < 1.29 is 4.79 Å². The molecule has 0 unspecified atom stereocenters. The third kappa shape index (κ3) is 2.14. The van der Waals surface area contributed by atoms with Gasteiger partial charge in [0.15, 0.2) is 0 Å². The molecule has 13 heavy (non-hydrogen) atoms. The number of carbonyl (C=O) groups is 1. The van der Waals surface area contributed by atoms with Crippen molar-refractivity contribution in [2.45, 2.75) is 25.7 Å². The van der Waals surface area contributed by atoms with Crippen LogP contribution in [0.4, 0.5) is 4.79 Å².